The zero-order valence-electron chi connectivity index (χ0n) is 17.5. The lowest BCUT2D eigenvalue weighted by Crippen LogP contribution is -2.41. The Morgan fingerprint density at radius 1 is 1.13 bits per heavy atom. The van der Waals surface area contributed by atoms with Gasteiger partial charge in [-0.25, -0.2) is 4.68 Å². The van der Waals surface area contributed by atoms with Crippen LogP contribution in [0.2, 0.25) is 0 Å². The molecule has 3 heterocycles. The number of fused-ring (bicyclic) bond motifs is 1. The quantitative estimate of drug-likeness (QED) is 0.701. The van der Waals surface area contributed by atoms with Crippen LogP contribution in [0.3, 0.4) is 0 Å². The van der Waals surface area contributed by atoms with E-state index in [-0.39, 0.29) is 17.7 Å². The molecule has 1 saturated heterocycles. The zero-order valence-corrected chi connectivity index (χ0v) is 17.5. The van der Waals surface area contributed by atoms with Crippen molar-refractivity contribution in [3.63, 3.8) is 0 Å². The largest absolute Gasteiger partial charge is 0.360 e. The van der Waals surface area contributed by atoms with Crippen molar-refractivity contribution in [1.82, 2.24) is 19.8 Å². The number of nitrogens with zero attached hydrogens (tertiary/aromatic N) is 4. The average molecular weight is 419 g/mol. The van der Waals surface area contributed by atoms with E-state index in [2.05, 4.69) is 10.5 Å². The Labute approximate surface area is 180 Å². The van der Waals surface area contributed by atoms with Crippen molar-refractivity contribution in [1.29, 1.82) is 0 Å². The Morgan fingerprint density at radius 2 is 1.90 bits per heavy atom. The third-order valence-electron chi connectivity index (χ3n) is 6.17. The molecule has 0 saturated carbocycles. The highest BCUT2D eigenvalue weighted by Gasteiger charge is 2.33. The van der Waals surface area contributed by atoms with Gasteiger partial charge < -0.3 is 14.7 Å². The van der Waals surface area contributed by atoms with Crippen LogP contribution in [0.5, 0.6) is 0 Å². The molecule has 2 aromatic heterocycles. The molecule has 1 aromatic carbocycles. The zero-order chi connectivity index (χ0) is 21.4. The smallest absolute Gasteiger partial charge is 0.274 e. The molecule has 2 aliphatic rings. The summed E-state index contributed by atoms with van der Waals surface area (Å²) in [6.45, 7) is 2.87. The highest BCUT2D eigenvalue weighted by atomic mass is 16.5. The van der Waals surface area contributed by atoms with E-state index in [9.17, 15) is 9.59 Å². The summed E-state index contributed by atoms with van der Waals surface area (Å²) in [5.74, 6) is 0.836. The van der Waals surface area contributed by atoms with E-state index in [1.165, 1.54) is 0 Å². The van der Waals surface area contributed by atoms with Gasteiger partial charge in [-0.2, -0.15) is 5.10 Å². The van der Waals surface area contributed by atoms with E-state index in [1.807, 2.05) is 39.9 Å². The molecule has 1 N–H and O–H groups in total. The summed E-state index contributed by atoms with van der Waals surface area (Å²) in [7, 11) is 0. The summed E-state index contributed by atoms with van der Waals surface area (Å²) in [5, 5.41) is 11.3. The molecule has 8 heteroatoms. The Bertz CT molecular complexity index is 1110. The lowest BCUT2D eigenvalue weighted by molar-refractivity contribution is -0.121. The van der Waals surface area contributed by atoms with Gasteiger partial charge in [0.15, 0.2) is 11.5 Å². The van der Waals surface area contributed by atoms with Crippen LogP contribution in [-0.4, -0.2) is 44.7 Å². The van der Waals surface area contributed by atoms with E-state index in [0.29, 0.717) is 43.2 Å². The van der Waals surface area contributed by atoms with Crippen molar-refractivity contribution in [2.45, 2.75) is 39.0 Å². The fourth-order valence-electron chi connectivity index (χ4n) is 4.54. The number of anilines is 1. The molecule has 160 valence electrons. The van der Waals surface area contributed by atoms with Crippen LogP contribution in [0.4, 0.5) is 5.82 Å². The maximum atomic E-state index is 13.3. The maximum absolute atomic E-state index is 13.3. The first-order chi connectivity index (χ1) is 15.1. The molecule has 0 radical (unpaired) electrons. The molecule has 5 rings (SSSR count). The standard InChI is InChI=1S/C23H25N5O3/c1-15-14-20(26-31-15)24-22(29)16-10-12-27(13-11-16)23(30)21-18-8-5-9-19(18)28(25-21)17-6-3-2-4-7-17/h2-4,6-7,14,16H,5,8-13H2,1H3,(H,24,26,29). The van der Waals surface area contributed by atoms with Gasteiger partial charge in [0.1, 0.15) is 5.76 Å². The lowest BCUT2D eigenvalue weighted by Gasteiger charge is -2.30. The van der Waals surface area contributed by atoms with Gasteiger partial charge in [0.2, 0.25) is 5.91 Å². The number of carbonyl (C=O) groups is 2. The first-order valence-electron chi connectivity index (χ1n) is 10.8. The van der Waals surface area contributed by atoms with Gasteiger partial charge in [0.25, 0.3) is 5.91 Å². The third-order valence-corrected chi connectivity index (χ3v) is 6.17. The van der Waals surface area contributed by atoms with Gasteiger partial charge >= 0.3 is 0 Å². The predicted molar refractivity (Wildman–Crippen MR) is 114 cm³/mol. The van der Waals surface area contributed by atoms with E-state index in [0.717, 1.165) is 36.2 Å². The molecule has 0 bridgehead atoms. The molecule has 0 unspecified atom stereocenters. The summed E-state index contributed by atoms with van der Waals surface area (Å²) in [6.07, 6.45) is 4.11. The number of likely N-dealkylation sites (tertiary alicyclic amines) is 1. The fraction of sp³-hybridized carbons (Fsp3) is 0.391. The number of benzene rings is 1. The minimum atomic E-state index is -0.145. The normalized spacial score (nSPS) is 16.4. The average Bonchev–Trinajstić information content (AvgIpc) is 3.51. The van der Waals surface area contributed by atoms with Crippen molar-refractivity contribution >= 4 is 17.6 Å². The minimum Gasteiger partial charge on any atom is -0.360 e. The third kappa shape index (κ3) is 3.73. The molecule has 8 nitrogen and oxygen atoms in total. The molecule has 31 heavy (non-hydrogen) atoms. The summed E-state index contributed by atoms with van der Waals surface area (Å²) in [6, 6.07) is 11.7. The topological polar surface area (TPSA) is 93.3 Å². The number of piperidine rings is 1. The van der Waals surface area contributed by atoms with Crippen LogP contribution in [0.1, 0.15) is 46.8 Å². The Balaban J connectivity index is 1.27. The number of nitrogens with one attached hydrogen (secondary N) is 1. The van der Waals surface area contributed by atoms with Gasteiger partial charge in [-0.05, 0) is 51.2 Å². The number of aromatic nitrogens is 3. The Kier molecular flexibility index (Phi) is 5.05. The van der Waals surface area contributed by atoms with Crippen LogP contribution in [-0.2, 0) is 17.6 Å². The molecular weight excluding hydrogens is 394 g/mol. The first-order valence-corrected chi connectivity index (χ1v) is 10.8. The minimum absolute atomic E-state index is 0.0289. The van der Waals surface area contributed by atoms with Gasteiger partial charge in [0.05, 0.1) is 5.69 Å². The molecule has 2 amide bonds. The summed E-state index contributed by atoms with van der Waals surface area (Å²) >= 11 is 0. The second-order valence-electron chi connectivity index (χ2n) is 8.25. The van der Waals surface area contributed by atoms with E-state index in [4.69, 9.17) is 9.62 Å². The van der Waals surface area contributed by atoms with Crippen LogP contribution < -0.4 is 5.32 Å². The van der Waals surface area contributed by atoms with Crippen molar-refractivity contribution in [2.24, 2.45) is 5.92 Å². The molecular formula is C23H25N5O3. The predicted octanol–water partition coefficient (Wildman–Crippen LogP) is 3.15. The lowest BCUT2D eigenvalue weighted by atomic mass is 9.95. The van der Waals surface area contributed by atoms with E-state index in [1.54, 1.807) is 13.0 Å². The summed E-state index contributed by atoms with van der Waals surface area (Å²) in [5.41, 5.74) is 3.78. The van der Waals surface area contributed by atoms with Gasteiger partial charge in [0, 0.05) is 36.3 Å². The molecule has 1 aliphatic carbocycles. The van der Waals surface area contributed by atoms with Gasteiger partial charge in [-0.15, -0.1) is 0 Å². The Hall–Kier alpha value is -3.42. The van der Waals surface area contributed by atoms with Crippen molar-refractivity contribution in [3.05, 3.63) is 59.1 Å². The van der Waals surface area contributed by atoms with Crippen molar-refractivity contribution in [2.75, 3.05) is 18.4 Å². The number of hydrogen-bond acceptors (Lipinski definition) is 5. The number of aryl methyl sites for hydroxylation is 1. The SMILES string of the molecule is Cc1cc(NC(=O)C2CCN(C(=O)c3nn(-c4ccccc4)c4c3CCC4)CC2)no1. The Morgan fingerprint density at radius 3 is 2.61 bits per heavy atom. The first kappa shape index (κ1) is 19.5. The number of rotatable bonds is 4. The number of carbonyl (C=O) groups excluding carboxylic acids is 2. The highest BCUT2D eigenvalue weighted by molar-refractivity contribution is 5.95. The van der Waals surface area contributed by atoms with Crippen LogP contribution in [0.15, 0.2) is 40.9 Å². The fourth-order valence-corrected chi connectivity index (χ4v) is 4.54. The molecule has 3 aromatic rings. The van der Waals surface area contributed by atoms with Gasteiger partial charge in [-0.1, -0.05) is 23.4 Å². The molecule has 0 spiro atoms. The van der Waals surface area contributed by atoms with Crippen molar-refractivity contribution < 1.29 is 14.1 Å². The second-order valence-corrected chi connectivity index (χ2v) is 8.25. The van der Waals surface area contributed by atoms with Crippen molar-refractivity contribution in [3.8, 4) is 5.69 Å². The molecule has 1 aliphatic heterocycles. The molecule has 0 atom stereocenters. The molecule has 1 fully saturated rings. The summed E-state index contributed by atoms with van der Waals surface area (Å²) in [4.78, 5) is 27.7. The maximum Gasteiger partial charge on any atom is 0.274 e. The number of para-hydroxylation sites is 1. The van der Waals surface area contributed by atoms with Gasteiger partial charge in [-0.3, -0.25) is 9.59 Å². The van der Waals surface area contributed by atoms with Crippen LogP contribution >= 0.6 is 0 Å². The number of hydrogen-bond donors (Lipinski definition) is 1. The van der Waals surface area contributed by atoms with Crippen LogP contribution in [0, 0.1) is 12.8 Å². The van der Waals surface area contributed by atoms with E-state index < -0.39 is 0 Å². The highest BCUT2D eigenvalue weighted by Crippen LogP contribution is 2.29. The second kappa shape index (κ2) is 8.02. The summed E-state index contributed by atoms with van der Waals surface area (Å²) < 4.78 is 6.92. The number of amides is 2. The van der Waals surface area contributed by atoms with Crippen LogP contribution in [0.25, 0.3) is 5.69 Å². The van der Waals surface area contributed by atoms with E-state index >= 15 is 0 Å². The monoisotopic (exact) mass is 419 g/mol.